The van der Waals surface area contributed by atoms with Crippen molar-refractivity contribution < 1.29 is 45.0 Å². The summed E-state index contributed by atoms with van der Waals surface area (Å²) in [5, 5.41) is 17.9. The van der Waals surface area contributed by atoms with E-state index < -0.39 is 11.9 Å². The molecule has 14 heteroatoms. The number of primary amides is 1. The quantitative estimate of drug-likeness (QED) is 0.0391. The summed E-state index contributed by atoms with van der Waals surface area (Å²) in [6.07, 6.45) is 36.3. The summed E-state index contributed by atoms with van der Waals surface area (Å²) < 4.78 is 20.9. The van der Waals surface area contributed by atoms with Crippen molar-refractivity contribution in [2.75, 3.05) is 46.1 Å². The third-order valence-electron chi connectivity index (χ3n) is 21.6. The number of amides is 1. The van der Waals surface area contributed by atoms with E-state index in [-0.39, 0.29) is 105 Å². The van der Waals surface area contributed by atoms with Crippen LogP contribution in [0.1, 0.15) is 350 Å². The highest BCUT2D eigenvalue weighted by Crippen LogP contribution is 2.60. The van der Waals surface area contributed by atoms with Gasteiger partial charge >= 0.3 is 11.9 Å². The number of hydrogen-bond donors (Lipinski definition) is 5. The molecule has 0 atom stereocenters. The molecule has 8 N–H and O–H groups in total. The first-order valence-corrected chi connectivity index (χ1v) is 39.9. The molecule has 620 valence electrons. The molecule has 0 bridgehead atoms. The van der Waals surface area contributed by atoms with Crippen molar-refractivity contribution in [3.05, 3.63) is 73.9 Å². The van der Waals surface area contributed by atoms with Crippen molar-refractivity contribution in [2.45, 2.75) is 354 Å². The maximum atomic E-state index is 11.8. The summed E-state index contributed by atoms with van der Waals surface area (Å²) in [6, 6.07) is 0. The summed E-state index contributed by atoms with van der Waals surface area (Å²) in [6.45, 7) is 84.7. The molecule has 0 spiro atoms. The number of hydrogen-bond acceptors (Lipinski definition) is 10. The van der Waals surface area contributed by atoms with Gasteiger partial charge in [0.2, 0.25) is 5.91 Å². The fourth-order valence-corrected chi connectivity index (χ4v) is 23.5. The van der Waals surface area contributed by atoms with Crippen LogP contribution in [0.3, 0.4) is 0 Å². The number of aliphatic carboxylic acids is 1. The molecule has 6 rings (SSSR count). The van der Waals surface area contributed by atoms with Gasteiger partial charge in [-0.2, -0.15) is 0 Å². The molecule has 0 aromatic heterocycles. The van der Waals surface area contributed by atoms with Crippen LogP contribution in [0.4, 0.5) is 0 Å². The van der Waals surface area contributed by atoms with Gasteiger partial charge in [-0.15, -0.1) is 51.1 Å². The lowest BCUT2D eigenvalue weighted by Gasteiger charge is -2.51. The van der Waals surface area contributed by atoms with E-state index in [0.29, 0.717) is 71.8 Å². The highest BCUT2D eigenvalue weighted by Gasteiger charge is 2.50. The fourth-order valence-electron chi connectivity index (χ4n) is 23.5. The Hall–Kier alpha value is -2.81. The molecule has 6 aliphatic carbocycles. The first kappa shape index (κ1) is 106. The smallest absolute Gasteiger partial charge is 0.306 e. The number of ether oxygens (including phenoxy) is 4. The Bertz CT molecular complexity index is 2550. The zero-order valence-electron chi connectivity index (χ0n) is 73.8. The third kappa shape index (κ3) is 41.9. The van der Waals surface area contributed by atoms with Crippen LogP contribution in [0.5, 0.6) is 0 Å². The van der Waals surface area contributed by atoms with E-state index in [1.165, 1.54) is 63.4 Å². The average Bonchev–Trinajstić information content (AvgIpc) is 0.788. The second-order valence-corrected chi connectivity index (χ2v) is 42.8. The van der Waals surface area contributed by atoms with Crippen LogP contribution in [0, 0.1) is 86.6 Å². The van der Waals surface area contributed by atoms with Gasteiger partial charge in [-0.3, -0.25) is 14.4 Å². The standard InChI is InChI=1S/C16H28O2.C14H25NO.C14H27N.C14H24O2.C13H25N.C12H22O.C8H18O3.2ClH.H2/c1-7-16(9-13(17)18-8-2)11-14(3,4)10-15(5,6)12-16;1-6-14(7-11(15)16)9-12(2,3)8-13(4,5)10-14;1-6-14(7-8-15)10-12(2,3)9-13(4,5)11-14;1-6-14(7-11(15)16)9-12(2,3)8-13(4,5)10-14;1-12(2)8-11(6-5-7-14)9-13(3,4)10-12;1-11(2)7-10(5-6-13)8-12(3,4)9-11;1-5-9-8(4,10-6-2)11-7-3;;;/h7H,1,8-12H2,2-6H3;6H,1,7-10H2,2-5H3,(H2,15,16);6H,1,7-11,15H2,2-5H3;6H,1,7-10H2,2-5H3,(H,15,16);6H,5,7-10,14H2,1-4H3;5,13H,6-9H2,1-4H3;5-7H2,1-4H3;3*1H/i;;;;;;;;;1+1. The number of esters is 1. The average molecular weight is 1530 g/mol. The molecule has 0 saturated heterocycles. The van der Waals surface area contributed by atoms with E-state index in [1.807, 2.05) is 52.0 Å². The van der Waals surface area contributed by atoms with Gasteiger partial charge in [-0.25, -0.2) is 0 Å². The number of halogens is 2. The van der Waals surface area contributed by atoms with E-state index in [4.69, 9.17) is 46.4 Å². The van der Waals surface area contributed by atoms with Crippen molar-refractivity contribution >= 4 is 42.7 Å². The topological polar surface area (TPSA) is 207 Å². The maximum Gasteiger partial charge on any atom is 0.306 e. The molecular weight excluding hydrogens is 1350 g/mol. The second kappa shape index (κ2) is 42.7. The first-order valence-electron chi connectivity index (χ1n) is 39.9. The van der Waals surface area contributed by atoms with Crippen molar-refractivity contribution in [3.63, 3.8) is 0 Å². The number of carbonyl (C=O) groups is 3. The predicted octanol–water partition coefficient (Wildman–Crippen LogP) is 24.7. The molecule has 0 unspecified atom stereocenters. The molecule has 1 amide bonds. The van der Waals surface area contributed by atoms with Crippen LogP contribution in [-0.4, -0.2) is 80.2 Å². The van der Waals surface area contributed by atoms with Crippen molar-refractivity contribution in [2.24, 2.45) is 104 Å². The second-order valence-electron chi connectivity index (χ2n) is 42.8. The van der Waals surface area contributed by atoms with E-state index in [2.05, 4.69) is 205 Å². The third-order valence-corrected chi connectivity index (χ3v) is 21.6. The van der Waals surface area contributed by atoms with Crippen LogP contribution < -0.4 is 17.2 Å². The van der Waals surface area contributed by atoms with Gasteiger partial charge < -0.3 is 46.4 Å². The number of rotatable bonds is 22. The number of aliphatic hydroxyl groups excluding tert-OH is 1. The molecular formula is C91H173Cl2N3O9. The molecule has 6 aliphatic rings. The fraction of sp³-hybridized carbons (Fsp3) is 0.835. The molecule has 0 aromatic carbocycles. The van der Waals surface area contributed by atoms with Gasteiger partial charge in [0.1, 0.15) is 0 Å². The van der Waals surface area contributed by atoms with Gasteiger partial charge in [0.25, 0.3) is 5.97 Å². The summed E-state index contributed by atoms with van der Waals surface area (Å²) in [4.78, 5) is 34.1. The van der Waals surface area contributed by atoms with Gasteiger partial charge in [0.05, 0.1) is 26.1 Å². The predicted molar refractivity (Wildman–Crippen MR) is 457 cm³/mol. The van der Waals surface area contributed by atoms with Crippen LogP contribution in [0.2, 0.25) is 0 Å². The SMILES string of the molecule is C=CC1(CC(=O)O)CC(C)(C)CC(C)(C)C1.C=CC1(CC(=O)OCC)CC(C)(C)CC(C)(C)C1.C=CC1(CC(N)=O)CC(C)(C)CC(C)(C)C1.C=CC1(CCN)CC(C)(C)CC(C)(C)C1.CC1(C)CC(=CCCN)CC(C)(C)C1.CC1(C)CC(=CCO)CC(C)(C)C1.CCOC(C)(OCC)OCC.Cl.Cl.[2HH]. The van der Waals surface area contributed by atoms with Crippen molar-refractivity contribution in [3.8, 4) is 0 Å². The normalized spacial score (nSPS) is 23.7. The number of carboxylic acids is 1. The number of nitrogens with two attached hydrogens (primary N) is 3. The molecule has 105 heavy (non-hydrogen) atoms. The Morgan fingerprint density at radius 2 is 0.667 bits per heavy atom. The highest BCUT2D eigenvalue weighted by atomic mass is 35.5. The van der Waals surface area contributed by atoms with Gasteiger partial charge in [0.15, 0.2) is 0 Å². The highest BCUT2D eigenvalue weighted by molar-refractivity contribution is 5.85. The monoisotopic (exact) mass is 1520 g/mol. The maximum absolute atomic E-state index is 11.8. The van der Waals surface area contributed by atoms with E-state index >= 15 is 0 Å². The van der Waals surface area contributed by atoms with Gasteiger partial charge in [-0.05, 0) is 256 Å². The summed E-state index contributed by atoms with van der Waals surface area (Å²) in [7, 11) is 0. The zero-order chi connectivity index (χ0) is 80.7. The minimum absolute atomic E-state index is 0. The Balaban J connectivity index is -0.000000572. The lowest BCUT2D eigenvalue weighted by atomic mass is 9.54. The minimum atomic E-state index is -0.849. The zero-order valence-corrected chi connectivity index (χ0v) is 75.4. The van der Waals surface area contributed by atoms with E-state index in [1.54, 1.807) is 12.5 Å². The Kier molecular flexibility index (Phi) is 43.3. The number of carbonyl (C=O) groups excluding carboxylic acids is 2. The van der Waals surface area contributed by atoms with Crippen LogP contribution in [0.25, 0.3) is 0 Å². The molecule has 6 saturated carbocycles. The Morgan fingerprint density at radius 1 is 0.410 bits per heavy atom. The molecule has 0 heterocycles. The van der Waals surface area contributed by atoms with E-state index in [9.17, 15) is 14.4 Å². The van der Waals surface area contributed by atoms with E-state index in [0.717, 1.165) is 83.7 Å². The Labute approximate surface area is 662 Å². The summed E-state index contributed by atoms with van der Waals surface area (Å²) in [5.41, 5.74) is 23.6. The van der Waals surface area contributed by atoms with Crippen LogP contribution >= 0.6 is 24.8 Å². The lowest BCUT2D eigenvalue weighted by molar-refractivity contribution is -0.365. The van der Waals surface area contributed by atoms with Crippen molar-refractivity contribution in [1.82, 2.24) is 0 Å². The minimum Gasteiger partial charge on any atom is -0.481 e. The summed E-state index contributed by atoms with van der Waals surface area (Å²) >= 11 is 0. The van der Waals surface area contributed by atoms with Gasteiger partial charge in [-0.1, -0.05) is 214 Å². The molecule has 6 fully saturated rings. The number of allylic oxidation sites excluding steroid dienone is 6. The van der Waals surface area contributed by atoms with Crippen LogP contribution in [0.15, 0.2) is 73.9 Å². The van der Waals surface area contributed by atoms with Crippen LogP contribution in [-0.2, 0) is 33.3 Å². The molecule has 12 nitrogen and oxygen atoms in total. The largest absolute Gasteiger partial charge is 0.481 e. The Morgan fingerprint density at radius 3 is 0.895 bits per heavy atom. The number of carboxylic acid groups (broad SMARTS) is 1. The number of aliphatic hydroxyl groups is 1. The van der Waals surface area contributed by atoms with Gasteiger partial charge in [0, 0.05) is 34.6 Å². The molecule has 0 aliphatic heterocycles. The molecule has 0 aromatic rings. The first-order chi connectivity index (χ1) is 46.5. The lowest BCUT2D eigenvalue weighted by Crippen LogP contribution is -2.42. The van der Waals surface area contributed by atoms with Crippen molar-refractivity contribution in [1.29, 1.82) is 0 Å². The molecule has 0 radical (unpaired) electrons. The summed E-state index contributed by atoms with van der Waals surface area (Å²) in [5.74, 6) is -1.87.